The van der Waals surface area contributed by atoms with E-state index in [4.69, 9.17) is 0 Å². The van der Waals surface area contributed by atoms with E-state index >= 15 is 0 Å². The van der Waals surface area contributed by atoms with E-state index in [0.29, 0.717) is 6.04 Å². The van der Waals surface area contributed by atoms with Gasteiger partial charge in [0.05, 0.1) is 5.52 Å². The maximum absolute atomic E-state index is 3.62. The van der Waals surface area contributed by atoms with E-state index in [0.717, 1.165) is 6.54 Å². The van der Waals surface area contributed by atoms with Crippen LogP contribution in [0.25, 0.3) is 10.9 Å². The van der Waals surface area contributed by atoms with Crippen LogP contribution in [0.2, 0.25) is 0 Å². The number of aromatic nitrogens is 1. The third-order valence-electron chi connectivity index (χ3n) is 4.35. The van der Waals surface area contributed by atoms with E-state index in [9.17, 15) is 0 Å². The molecular formula is C18H26N2. The lowest BCUT2D eigenvalue weighted by Crippen LogP contribution is -2.35. The van der Waals surface area contributed by atoms with E-state index in [2.05, 4.69) is 61.1 Å². The maximum atomic E-state index is 3.62. The monoisotopic (exact) mass is 270 g/mol. The lowest BCUT2D eigenvalue weighted by Gasteiger charge is -2.22. The zero-order chi connectivity index (χ0) is 14.2. The Labute approximate surface area is 122 Å². The molecule has 2 heteroatoms. The van der Waals surface area contributed by atoms with Crippen molar-refractivity contribution in [2.75, 3.05) is 0 Å². The minimum atomic E-state index is 0.160. The van der Waals surface area contributed by atoms with Gasteiger partial charge >= 0.3 is 0 Å². The molecule has 2 aromatic rings. The number of para-hydroxylation sites is 1. The molecule has 0 atom stereocenters. The third-order valence-corrected chi connectivity index (χ3v) is 4.35. The SMILES string of the molecule is CC(C)(C)NCc1cccc2ccn(C3CCCC3)c12. The molecule has 1 aliphatic carbocycles. The first-order valence-electron chi connectivity index (χ1n) is 7.88. The minimum Gasteiger partial charge on any atom is -0.344 e. The standard InChI is InChI=1S/C18H26N2/c1-18(2,3)19-13-15-8-6-7-14-11-12-20(17(14)15)16-9-4-5-10-16/h6-8,11-12,16,19H,4-5,9-10,13H2,1-3H3. The average molecular weight is 270 g/mol. The van der Waals surface area contributed by atoms with Crippen LogP contribution < -0.4 is 5.32 Å². The molecule has 0 amide bonds. The second kappa shape index (κ2) is 5.25. The highest BCUT2D eigenvalue weighted by molar-refractivity contribution is 5.83. The van der Waals surface area contributed by atoms with E-state index in [-0.39, 0.29) is 5.54 Å². The maximum Gasteiger partial charge on any atom is 0.0528 e. The molecule has 2 nitrogen and oxygen atoms in total. The van der Waals surface area contributed by atoms with Crippen LogP contribution in [-0.2, 0) is 6.54 Å². The molecule has 0 radical (unpaired) electrons. The first kappa shape index (κ1) is 13.7. The minimum absolute atomic E-state index is 0.160. The highest BCUT2D eigenvalue weighted by Gasteiger charge is 2.19. The summed E-state index contributed by atoms with van der Waals surface area (Å²) in [6, 6.07) is 9.67. The number of hydrogen-bond donors (Lipinski definition) is 1. The Morgan fingerprint density at radius 2 is 1.90 bits per heavy atom. The summed E-state index contributed by atoms with van der Waals surface area (Å²) in [4.78, 5) is 0. The zero-order valence-corrected chi connectivity index (χ0v) is 12.9. The van der Waals surface area contributed by atoms with Crippen LogP contribution in [0.1, 0.15) is 58.1 Å². The number of hydrogen-bond acceptors (Lipinski definition) is 1. The van der Waals surface area contributed by atoms with E-state index < -0.39 is 0 Å². The van der Waals surface area contributed by atoms with E-state index in [1.165, 1.54) is 42.1 Å². The molecule has 20 heavy (non-hydrogen) atoms. The van der Waals surface area contributed by atoms with Gasteiger partial charge in [-0.05, 0) is 50.6 Å². The number of nitrogens with zero attached hydrogens (tertiary/aromatic N) is 1. The fourth-order valence-electron chi connectivity index (χ4n) is 3.29. The van der Waals surface area contributed by atoms with Gasteiger partial charge in [-0.25, -0.2) is 0 Å². The Morgan fingerprint density at radius 3 is 2.60 bits per heavy atom. The summed E-state index contributed by atoms with van der Waals surface area (Å²) in [6.07, 6.45) is 7.73. The number of benzene rings is 1. The van der Waals surface area contributed by atoms with Gasteiger partial charge in [0.1, 0.15) is 0 Å². The fraction of sp³-hybridized carbons (Fsp3) is 0.556. The summed E-state index contributed by atoms with van der Waals surface area (Å²) < 4.78 is 2.53. The first-order chi connectivity index (χ1) is 9.54. The predicted octanol–water partition coefficient (Wildman–Crippen LogP) is 4.64. The molecule has 1 saturated carbocycles. The van der Waals surface area contributed by atoms with Crippen molar-refractivity contribution in [1.82, 2.24) is 9.88 Å². The van der Waals surface area contributed by atoms with Gasteiger partial charge in [-0.1, -0.05) is 31.0 Å². The quantitative estimate of drug-likeness (QED) is 0.859. The van der Waals surface area contributed by atoms with Gasteiger partial charge in [0.2, 0.25) is 0 Å². The number of rotatable bonds is 3. The zero-order valence-electron chi connectivity index (χ0n) is 12.9. The lowest BCUT2D eigenvalue weighted by molar-refractivity contribution is 0.424. The molecule has 1 fully saturated rings. The number of fused-ring (bicyclic) bond motifs is 1. The Balaban J connectivity index is 1.96. The Morgan fingerprint density at radius 1 is 1.15 bits per heavy atom. The summed E-state index contributed by atoms with van der Waals surface area (Å²) in [5, 5.41) is 5.00. The van der Waals surface area contributed by atoms with Crippen LogP contribution >= 0.6 is 0 Å². The Hall–Kier alpha value is -1.28. The summed E-state index contributed by atoms with van der Waals surface area (Å²) in [7, 11) is 0. The van der Waals surface area contributed by atoms with Crippen LogP contribution in [-0.4, -0.2) is 10.1 Å². The first-order valence-corrected chi connectivity index (χ1v) is 7.88. The van der Waals surface area contributed by atoms with Gasteiger partial charge in [0, 0.05) is 24.3 Å². The van der Waals surface area contributed by atoms with Crippen molar-refractivity contribution in [1.29, 1.82) is 0 Å². The smallest absolute Gasteiger partial charge is 0.0528 e. The molecule has 0 spiro atoms. The largest absolute Gasteiger partial charge is 0.344 e. The van der Waals surface area contributed by atoms with Crippen LogP contribution in [0.5, 0.6) is 0 Å². The molecule has 0 bridgehead atoms. The molecule has 1 aromatic carbocycles. The van der Waals surface area contributed by atoms with Gasteiger partial charge in [-0.2, -0.15) is 0 Å². The van der Waals surface area contributed by atoms with E-state index in [1.807, 2.05) is 0 Å². The van der Waals surface area contributed by atoms with Crippen molar-refractivity contribution in [3.63, 3.8) is 0 Å². The molecule has 108 valence electrons. The van der Waals surface area contributed by atoms with Crippen molar-refractivity contribution in [2.24, 2.45) is 0 Å². The van der Waals surface area contributed by atoms with Crippen LogP contribution in [0.3, 0.4) is 0 Å². The van der Waals surface area contributed by atoms with Gasteiger partial charge in [0.25, 0.3) is 0 Å². The van der Waals surface area contributed by atoms with Crippen LogP contribution in [0.4, 0.5) is 0 Å². The topological polar surface area (TPSA) is 17.0 Å². The Kier molecular flexibility index (Phi) is 3.59. The molecule has 1 aliphatic rings. The lowest BCUT2D eigenvalue weighted by atomic mass is 10.1. The van der Waals surface area contributed by atoms with Crippen LogP contribution in [0.15, 0.2) is 30.5 Å². The second-order valence-electron chi connectivity index (χ2n) is 7.12. The van der Waals surface area contributed by atoms with Crippen molar-refractivity contribution in [3.8, 4) is 0 Å². The third kappa shape index (κ3) is 2.76. The van der Waals surface area contributed by atoms with Gasteiger partial charge in [-0.3, -0.25) is 0 Å². The molecule has 3 rings (SSSR count). The predicted molar refractivity (Wildman–Crippen MR) is 86.0 cm³/mol. The fourth-order valence-corrected chi connectivity index (χ4v) is 3.29. The second-order valence-corrected chi connectivity index (χ2v) is 7.12. The summed E-state index contributed by atoms with van der Waals surface area (Å²) in [6.45, 7) is 7.62. The summed E-state index contributed by atoms with van der Waals surface area (Å²) in [5.74, 6) is 0. The molecular weight excluding hydrogens is 244 g/mol. The molecule has 0 aliphatic heterocycles. The van der Waals surface area contributed by atoms with Crippen LogP contribution in [0, 0.1) is 0 Å². The van der Waals surface area contributed by atoms with Gasteiger partial charge < -0.3 is 9.88 Å². The summed E-state index contributed by atoms with van der Waals surface area (Å²) >= 11 is 0. The van der Waals surface area contributed by atoms with Crippen molar-refractivity contribution in [2.45, 2.75) is 64.6 Å². The normalized spacial score (nSPS) is 17.1. The average Bonchev–Trinajstić information content (AvgIpc) is 3.03. The van der Waals surface area contributed by atoms with Crippen molar-refractivity contribution in [3.05, 3.63) is 36.0 Å². The van der Waals surface area contributed by atoms with Crippen molar-refractivity contribution < 1.29 is 0 Å². The molecule has 0 unspecified atom stereocenters. The Bertz CT molecular complexity index is 583. The highest BCUT2D eigenvalue weighted by atomic mass is 15.0. The van der Waals surface area contributed by atoms with Gasteiger partial charge in [-0.15, -0.1) is 0 Å². The molecule has 0 saturated heterocycles. The molecule has 1 heterocycles. The highest BCUT2D eigenvalue weighted by Crippen LogP contribution is 2.34. The molecule has 1 aromatic heterocycles. The molecule has 1 N–H and O–H groups in total. The number of nitrogens with one attached hydrogen (secondary N) is 1. The van der Waals surface area contributed by atoms with Crippen molar-refractivity contribution >= 4 is 10.9 Å². The summed E-state index contributed by atoms with van der Waals surface area (Å²) in [5.41, 5.74) is 3.03. The van der Waals surface area contributed by atoms with E-state index in [1.54, 1.807) is 0 Å². The van der Waals surface area contributed by atoms with Gasteiger partial charge in [0.15, 0.2) is 0 Å².